The van der Waals surface area contributed by atoms with Crippen LogP contribution in [0.15, 0.2) is 41.5 Å². The van der Waals surface area contributed by atoms with Crippen molar-refractivity contribution >= 4 is 40.6 Å². The molecule has 5 heteroatoms. The van der Waals surface area contributed by atoms with E-state index in [9.17, 15) is 9.59 Å². The molecule has 0 unspecified atom stereocenters. The maximum Gasteiger partial charge on any atom is 0.254 e. The molecule has 4 nitrogen and oxygen atoms in total. The van der Waals surface area contributed by atoms with Crippen molar-refractivity contribution in [3.05, 3.63) is 45.6 Å². The number of carbonyl (C=O) groups is 2. The zero-order chi connectivity index (χ0) is 14.6. The Hall–Kier alpha value is -1.50. The fraction of sp³-hybridized carbons (Fsp3) is 0.312. The number of allylic oxidation sites excluding steroid dienone is 2. The molecule has 2 fully saturated rings. The Balaban J connectivity index is 1.60. The number of fused-ring (bicyclic) bond motifs is 5. The minimum atomic E-state index is -0.180. The minimum absolute atomic E-state index is 0.135. The molecule has 1 aliphatic heterocycles. The average molecular weight is 392 g/mol. The van der Waals surface area contributed by atoms with Crippen LogP contribution in [0.4, 0.5) is 0 Å². The fourth-order valence-corrected chi connectivity index (χ4v) is 4.28. The predicted molar refractivity (Wildman–Crippen MR) is 86.3 cm³/mol. The third-order valence-corrected chi connectivity index (χ3v) is 5.29. The summed E-state index contributed by atoms with van der Waals surface area (Å²) in [6.45, 7) is 0. The van der Waals surface area contributed by atoms with Gasteiger partial charge in [0.25, 0.3) is 11.8 Å². The van der Waals surface area contributed by atoms with Gasteiger partial charge in [-0.15, -0.1) is 0 Å². The summed E-state index contributed by atoms with van der Waals surface area (Å²) in [5.74, 6) is -0.169. The molecule has 1 aromatic carbocycles. The van der Waals surface area contributed by atoms with E-state index in [1.165, 1.54) is 0 Å². The van der Waals surface area contributed by atoms with Crippen LogP contribution in [0.2, 0.25) is 0 Å². The van der Waals surface area contributed by atoms with Gasteiger partial charge in [-0.3, -0.25) is 9.59 Å². The van der Waals surface area contributed by atoms with E-state index in [2.05, 4.69) is 39.8 Å². The first-order chi connectivity index (χ1) is 10.1. The van der Waals surface area contributed by atoms with Gasteiger partial charge in [0.1, 0.15) is 0 Å². The van der Waals surface area contributed by atoms with Gasteiger partial charge in [-0.1, -0.05) is 24.3 Å². The van der Waals surface area contributed by atoms with E-state index < -0.39 is 0 Å². The molecule has 2 amide bonds. The minimum Gasteiger partial charge on any atom is -0.272 e. The smallest absolute Gasteiger partial charge is 0.254 e. The molecule has 2 bridgehead atoms. The van der Waals surface area contributed by atoms with Gasteiger partial charge in [-0.2, -0.15) is 10.1 Å². The fourth-order valence-electron chi connectivity index (χ4n) is 3.71. The van der Waals surface area contributed by atoms with Crippen molar-refractivity contribution in [1.29, 1.82) is 0 Å². The number of carbonyl (C=O) groups excluding carboxylic acids is 2. The molecular weight excluding hydrogens is 379 g/mol. The highest BCUT2D eigenvalue weighted by atomic mass is 127. The summed E-state index contributed by atoms with van der Waals surface area (Å²) in [4.78, 5) is 24.9. The van der Waals surface area contributed by atoms with Crippen molar-refractivity contribution in [2.45, 2.75) is 6.42 Å². The second kappa shape index (κ2) is 4.76. The summed E-state index contributed by atoms with van der Waals surface area (Å²) in [6, 6.07) is 7.78. The predicted octanol–water partition coefficient (Wildman–Crippen LogP) is 2.43. The van der Waals surface area contributed by atoms with Crippen molar-refractivity contribution in [2.24, 2.45) is 28.8 Å². The van der Waals surface area contributed by atoms with Crippen molar-refractivity contribution in [2.75, 3.05) is 0 Å². The summed E-state index contributed by atoms with van der Waals surface area (Å²) >= 11 is 2.22. The molecule has 1 aromatic rings. The molecule has 1 saturated carbocycles. The van der Waals surface area contributed by atoms with Gasteiger partial charge in [0.15, 0.2) is 0 Å². The quantitative estimate of drug-likeness (QED) is 0.336. The van der Waals surface area contributed by atoms with E-state index >= 15 is 0 Å². The maximum absolute atomic E-state index is 12.4. The Morgan fingerprint density at radius 1 is 1.14 bits per heavy atom. The van der Waals surface area contributed by atoms with Crippen LogP contribution in [0.3, 0.4) is 0 Å². The highest BCUT2D eigenvalue weighted by Gasteiger charge is 2.59. The van der Waals surface area contributed by atoms with E-state index in [1.54, 1.807) is 6.21 Å². The second-order valence-electron chi connectivity index (χ2n) is 5.79. The van der Waals surface area contributed by atoms with Crippen LogP contribution in [-0.4, -0.2) is 23.0 Å². The molecule has 0 N–H and O–H groups in total. The summed E-state index contributed by atoms with van der Waals surface area (Å²) in [6.07, 6.45) is 6.71. The van der Waals surface area contributed by atoms with Gasteiger partial charge >= 0.3 is 0 Å². The van der Waals surface area contributed by atoms with Gasteiger partial charge in [-0.05, 0) is 58.5 Å². The molecule has 0 radical (unpaired) electrons. The third-order valence-electron chi connectivity index (χ3n) is 4.62. The zero-order valence-corrected chi connectivity index (χ0v) is 13.3. The van der Waals surface area contributed by atoms with Crippen LogP contribution in [-0.2, 0) is 9.59 Å². The van der Waals surface area contributed by atoms with Gasteiger partial charge < -0.3 is 0 Å². The molecule has 106 valence electrons. The molecule has 4 rings (SSSR count). The molecule has 0 aromatic heterocycles. The van der Waals surface area contributed by atoms with Crippen molar-refractivity contribution < 1.29 is 9.59 Å². The number of hydrogen-bond donors (Lipinski definition) is 0. The van der Waals surface area contributed by atoms with E-state index in [1.807, 2.05) is 24.3 Å². The SMILES string of the molecule is O=C1[C@@H]2[C@@H](C(=O)N1/N=C\c1cccc(I)c1)[C@H]1C=C[C@H]2C1. The Bertz CT molecular complexity index is 667. The number of hydrazone groups is 1. The standard InChI is InChI=1S/C16H13IN2O2/c17-12-3-1-2-9(6-12)8-18-19-15(20)13-10-4-5-11(7-10)14(13)16(19)21/h1-6,8,10-11,13-14H,7H2/b18-8-/t10-,11-,13-,14-/m0/s1. The highest BCUT2D eigenvalue weighted by molar-refractivity contribution is 14.1. The lowest BCUT2D eigenvalue weighted by Crippen LogP contribution is -2.28. The first kappa shape index (κ1) is 13.2. The zero-order valence-electron chi connectivity index (χ0n) is 11.1. The number of halogens is 1. The highest BCUT2D eigenvalue weighted by Crippen LogP contribution is 2.52. The molecule has 21 heavy (non-hydrogen) atoms. The van der Waals surface area contributed by atoms with Gasteiger partial charge in [-0.25, -0.2) is 0 Å². The van der Waals surface area contributed by atoms with Gasteiger partial charge in [0.05, 0.1) is 18.1 Å². The summed E-state index contributed by atoms with van der Waals surface area (Å²) in [5, 5.41) is 5.24. The topological polar surface area (TPSA) is 49.7 Å². The lowest BCUT2D eigenvalue weighted by molar-refractivity contribution is -0.140. The van der Waals surface area contributed by atoms with Gasteiger partial charge in [0, 0.05) is 3.57 Å². The first-order valence-corrected chi connectivity index (χ1v) is 8.09. The Labute approximate surface area is 136 Å². The Morgan fingerprint density at radius 2 is 1.81 bits per heavy atom. The summed E-state index contributed by atoms with van der Waals surface area (Å²) in [7, 11) is 0. The van der Waals surface area contributed by atoms with Crippen molar-refractivity contribution in [3.8, 4) is 0 Å². The molecule has 1 heterocycles. The number of amides is 2. The summed E-state index contributed by atoms with van der Waals surface area (Å²) in [5.41, 5.74) is 0.889. The largest absolute Gasteiger partial charge is 0.272 e. The maximum atomic E-state index is 12.4. The molecular formula is C16H13IN2O2. The van der Waals surface area contributed by atoms with E-state index in [0.717, 1.165) is 20.6 Å². The monoisotopic (exact) mass is 392 g/mol. The number of rotatable bonds is 2. The van der Waals surface area contributed by atoms with Crippen LogP contribution >= 0.6 is 22.6 Å². The number of hydrogen-bond acceptors (Lipinski definition) is 3. The molecule has 1 saturated heterocycles. The van der Waals surface area contributed by atoms with Crippen LogP contribution in [0.5, 0.6) is 0 Å². The van der Waals surface area contributed by atoms with Crippen LogP contribution in [0.25, 0.3) is 0 Å². The van der Waals surface area contributed by atoms with Crippen LogP contribution in [0, 0.1) is 27.2 Å². The van der Waals surface area contributed by atoms with E-state index in [0.29, 0.717) is 0 Å². The molecule has 3 aliphatic rings. The second-order valence-corrected chi connectivity index (χ2v) is 7.03. The molecule has 4 atom stereocenters. The van der Waals surface area contributed by atoms with Gasteiger partial charge in [0.2, 0.25) is 0 Å². The first-order valence-electron chi connectivity index (χ1n) is 7.01. The summed E-state index contributed by atoms with van der Waals surface area (Å²) < 4.78 is 1.09. The van der Waals surface area contributed by atoms with E-state index in [4.69, 9.17) is 0 Å². The number of benzene rings is 1. The normalized spacial score (nSPS) is 33.5. The Kier molecular flexibility index (Phi) is 2.99. The average Bonchev–Trinajstić information content (AvgIpc) is 3.12. The van der Waals surface area contributed by atoms with Crippen molar-refractivity contribution in [1.82, 2.24) is 5.01 Å². The lowest BCUT2D eigenvalue weighted by Gasteiger charge is -2.13. The Morgan fingerprint density at radius 3 is 2.43 bits per heavy atom. The third kappa shape index (κ3) is 1.97. The van der Waals surface area contributed by atoms with Crippen LogP contribution in [0.1, 0.15) is 12.0 Å². The number of imide groups is 1. The molecule has 0 spiro atoms. The number of nitrogens with zero attached hydrogens (tertiary/aromatic N) is 2. The van der Waals surface area contributed by atoms with E-state index in [-0.39, 0.29) is 35.5 Å². The van der Waals surface area contributed by atoms with Crippen LogP contribution < -0.4 is 0 Å². The lowest BCUT2D eigenvalue weighted by atomic mass is 9.85. The van der Waals surface area contributed by atoms with Crippen molar-refractivity contribution in [3.63, 3.8) is 0 Å². The molecule has 2 aliphatic carbocycles.